The molecule has 3 N–H and O–H groups in total. The van der Waals surface area contributed by atoms with Crippen LogP contribution in [0.1, 0.15) is 28.9 Å². The lowest BCUT2D eigenvalue weighted by atomic mass is 10.1. The van der Waals surface area contributed by atoms with E-state index in [0.717, 1.165) is 11.3 Å². The van der Waals surface area contributed by atoms with Gasteiger partial charge in [-0.1, -0.05) is 41.9 Å². The molecule has 0 aliphatic rings. The number of carbonyl (C=O) groups excluding carboxylic acids is 2. The Morgan fingerprint density at radius 1 is 0.862 bits per heavy atom. The minimum absolute atomic E-state index is 0.0954. The number of halogens is 1. The maximum Gasteiger partial charge on any atom is 0.251 e. The standard InChI is InChI=1S/C23H22ClN3O2/c1-16(17-5-3-2-4-6-17)26-23(29)18-7-11-21(12-8-18)27-22(28)15-25-20-13-9-19(24)10-14-20/h2-14,16,25H,15H2,1H3,(H,26,29)(H,27,28). The van der Waals surface area contributed by atoms with E-state index in [1.54, 1.807) is 48.5 Å². The molecule has 1 atom stereocenters. The van der Waals surface area contributed by atoms with Gasteiger partial charge in [0.15, 0.2) is 0 Å². The molecule has 1 unspecified atom stereocenters. The summed E-state index contributed by atoms with van der Waals surface area (Å²) in [5.41, 5.74) is 3.01. The summed E-state index contributed by atoms with van der Waals surface area (Å²) in [6, 6.07) is 23.6. The lowest BCUT2D eigenvalue weighted by Gasteiger charge is -2.14. The molecule has 29 heavy (non-hydrogen) atoms. The Hall–Kier alpha value is -3.31. The Labute approximate surface area is 175 Å². The van der Waals surface area contributed by atoms with E-state index in [9.17, 15) is 9.59 Å². The normalized spacial score (nSPS) is 11.4. The number of amides is 2. The van der Waals surface area contributed by atoms with Crippen LogP contribution in [0, 0.1) is 0 Å². The molecule has 0 saturated carbocycles. The van der Waals surface area contributed by atoms with Crippen LogP contribution in [0.15, 0.2) is 78.9 Å². The fourth-order valence-electron chi connectivity index (χ4n) is 2.77. The van der Waals surface area contributed by atoms with Crippen molar-refractivity contribution >= 4 is 34.8 Å². The maximum absolute atomic E-state index is 12.4. The van der Waals surface area contributed by atoms with Crippen LogP contribution in [-0.2, 0) is 4.79 Å². The zero-order chi connectivity index (χ0) is 20.6. The Morgan fingerprint density at radius 3 is 2.14 bits per heavy atom. The molecule has 0 fully saturated rings. The quantitative estimate of drug-likeness (QED) is 0.522. The molecule has 5 nitrogen and oxygen atoms in total. The topological polar surface area (TPSA) is 70.2 Å². The molecule has 0 saturated heterocycles. The first-order chi connectivity index (χ1) is 14.0. The first kappa shape index (κ1) is 20.4. The van der Waals surface area contributed by atoms with Gasteiger partial charge in [-0.2, -0.15) is 0 Å². The van der Waals surface area contributed by atoms with E-state index in [1.165, 1.54) is 0 Å². The third-order valence-electron chi connectivity index (χ3n) is 4.38. The molecule has 3 aromatic carbocycles. The predicted octanol–water partition coefficient (Wildman–Crippen LogP) is 4.88. The molecule has 0 spiro atoms. The van der Waals surface area contributed by atoms with Crippen molar-refractivity contribution in [3.8, 4) is 0 Å². The summed E-state index contributed by atoms with van der Waals surface area (Å²) in [5, 5.41) is 9.43. The molecule has 148 valence electrons. The van der Waals surface area contributed by atoms with Crippen LogP contribution in [-0.4, -0.2) is 18.4 Å². The molecule has 3 aromatic rings. The van der Waals surface area contributed by atoms with Crippen molar-refractivity contribution in [1.82, 2.24) is 5.32 Å². The molecule has 0 heterocycles. The van der Waals surface area contributed by atoms with E-state index >= 15 is 0 Å². The van der Waals surface area contributed by atoms with E-state index in [2.05, 4.69) is 16.0 Å². The van der Waals surface area contributed by atoms with Crippen molar-refractivity contribution in [2.45, 2.75) is 13.0 Å². The van der Waals surface area contributed by atoms with Crippen LogP contribution in [0.3, 0.4) is 0 Å². The molecule has 0 bridgehead atoms. The Balaban J connectivity index is 1.50. The predicted molar refractivity (Wildman–Crippen MR) is 117 cm³/mol. The second-order valence-electron chi connectivity index (χ2n) is 6.59. The van der Waals surface area contributed by atoms with Gasteiger partial charge in [0, 0.05) is 22.0 Å². The summed E-state index contributed by atoms with van der Waals surface area (Å²) in [5.74, 6) is -0.349. The third kappa shape index (κ3) is 6.09. The largest absolute Gasteiger partial charge is 0.376 e. The first-order valence-electron chi connectivity index (χ1n) is 9.26. The van der Waals surface area contributed by atoms with Gasteiger partial charge in [0.1, 0.15) is 0 Å². The molecular formula is C23H22ClN3O2. The molecule has 0 aliphatic carbocycles. The number of nitrogens with one attached hydrogen (secondary N) is 3. The van der Waals surface area contributed by atoms with Crippen LogP contribution >= 0.6 is 11.6 Å². The minimum atomic E-state index is -0.185. The molecule has 3 rings (SSSR count). The number of hydrogen-bond donors (Lipinski definition) is 3. The van der Waals surface area contributed by atoms with Crippen molar-refractivity contribution in [2.24, 2.45) is 0 Å². The highest BCUT2D eigenvalue weighted by Crippen LogP contribution is 2.15. The van der Waals surface area contributed by atoms with Crippen LogP contribution in [0.25, 0.3) is 0 Å². The Kier molecular flexibility index (Phi) is 6.87. The van der Waals surface area contributed by atoms with Gasteiger partial charge in [0.2, 0.25) is 5.91 Å². The number of anilines is 2. The zero-order valence-corrected chi connectivity index (χ0v) is 16.7. The van der Waals surface area contributed by atoms with Crippen LogP contribution in [0.5, 0.6) is 0 Å². The fraction of sp³-hybridized carbons (Fsp3) is 0.130. The van der Waals surface area contributed by atoms with Gasteiger partial charge in [0.05, 0.1) is 12.6 Å². The van der Waals surface area contributed by atoms with Gasteiger partial charge in [0.25, 0.3) is 5.91 Å². The second kappa shape index (κ2) is 9.75. The third-order valence-corrected chi connectivity index (χ3v) is 4.63. The van der Waals surface area contributed by atoms with Crippen molar-refractivity contribution in [1.29, 1.82) is 0 Å². The van der Waals surface area contributed by atoms with Gasteiger partial charge in [-0.15, -0.1) is 0 Å². The summed E-state index contributed by atoms with van der Waals surface area (Å²) in [6.07, 6.45) is 0. The van der Waals surface area contributed by atoms with Gasteiger partial charge >= 0.3 is 0 Å². The number of hydrogen-bond acceptors (Lipinski definition) is 3. The second-order valence-corrected chi connectivity index (χ2v) is 7.03. The van der Waals surface area contributed by atoms with Gasteiger partial charge in [-0.3, -0.25) is 9.59 Å². The summed E-state index contributed by atoms with van der Waals surface area (Å²) in [7, 11) is 0. The van der Waals surface area contributed by atoms with Crippen molar-refractivity contribution in [3.63, 3.8) is 0 Å². The lowest BCUT2D eigenvalue weighted by molar-refractivity contribution is -0.114. The van der Waals surface area contributed by atoms with Crippen molar-refractivity contribution < 1.29 is 9.59 Å². The maximum atomic E-state index is 12.4. The Bertz CT molecular complexity index is 958. The molecular weight excluding hydrogens is 386 g/mol. The van der Waals surface area contributed by atoms with Crippen molar-refractivity contribution in [2.75, 3.05) is 17.2 Å². The van der Waals surface area contributed by atoms with Crippen LogP contribution < -0.4 is 16.0 Å². The SMILES string of the molecule is CC(NC(=O)c1ccc(NC(=O)CNc2ccc(Cl)cc2)cc1)c1ccccc1. The van der Waals surface area contributed by atoms with E-state index in [-0.39, 0.29) is 24.4 Å². The lowest BCUT2D eigenvalue weighted by Crippen LogP contribution is -2.26. The smallest absolute Gasteiger partial charge is 0.251 e. The minimum Gasteiger partial charge on any atom is -0.376 e. The average molecular weight is 408 g/mol. The summed E-state index contributed by atoms with van der Waals surface area (Å²) < 4.78 is 0. The summed E-state index contributed by atoms with van der Waals surface area (Å²) in [6.45, 7) is 2.06. The summed E-state index contributed by atoms with van der Waals surface area (Å²) in [4.78, 5) is 24.5. The van der Waals surface area contributed by atoms with E-state index in [4.69, 9.17) is 11.6 Å². The molecule has 0 radical (unpaired) electrons. The van der Waals surface area contributed by atoms with E-state index in [0.29, 0.717) is 16.3 Å². The first-order valence-corrected chi connectivity index (χ1v) is 9.64. The molecule has 0 aliphatic heterocycles. The highest BCUT2D eigenvalue weighted by Gasteiger charge is 2.11. The number of rotatable bonds is 7. The highest BCUT2D eigenvalue weighted by molar-refractivity contribution is 6.30. The summed E-state index contributed by atoms with van der Waals surface area (Å²) >= 11 is 5.84. The average Bonchev–Trinajstić information content (AvgIpc) is 2.74. The number of carbonyl (C=O) groups is 2. The number of benzene rings is 3. The fourth-order valence-corrected chi connectivity index (χ4v) is 2.89. The molecule has 6 heteroatoms. The van der Waals surface area contributed by atoms with E-state index in [1.807, 2.05) is 37.3 Å². The van der Waals surface area contributed by atoms with Gasteiger partial charge in [-0.25, -0.2) is 0 Å². The highest BCUT2D eigenvalue weighted by atomic mass is 35.5. The van der Waals surface area contributed by atoms with Crippen LogP contribution in [0.2, 0.25) is 5.02 Å². The monoisotopic (exact) mass is 407 g/mol. The van der Waals surface area contributed by atoms with Crippen LogP contribution in [0.4, 0.5) is 11.4 Å². The molecule has 2 amide bonds. The molecule has 0 aromatic heterocycles. The van der Waals surface area contributed by atoms with Gasteiger partial charge < -0.3 is 16.0 Å². The van der Waals surface area contributed by atoms with Gasteiger partial charge in [-0.05, 0) is 61.0 Å². The Morgan fingerprint density at radius 2 is 1.48 bits per heavy atom. The van der Waals surface area contributed by atoms with Crippen molar-refractivity contribution in [3.05, 3.63) is 95.0 Å². The van der Waals surface area contributed by atoms with E-state index < -0.39 is 0 Å². The zero-order valence-electron chi connectivity index (χ0n) is 16.0.